The number of hydrogen-bond donors (Lipinski definition) is 1. The molecule has 3 nitrogen and oxygen atoms in total. The molecule has 0 radical (unpaired) electrons. The van der Waals surface area contributed by atoms with Crippen LogP contribution in [0.2, 0.25) is 0 Å². The number of ether oxygens (including phenoxy) is 1. The van der Waals surface area contributed by atoms with Gasteiger partial charge in [-0.05, 0) is 25.1 Å². The van der Waals surface area contributed by atoms with Crippen LogP contribution < -0.4 is 5.32 Å². The van der Waals surface area contributed by atoms with Crippen LogP contribution in [0, 0.1) is 5.82 Å². The van der Waals surface area contributed by atoms with Crippen molar-refractivity contribution in [3.63, 3.8) is 0 Å². The van der Waals surface area contributed by atoms with Gasteiger partial charge in [-0.3, -0.25) is 10.1 Å². The highest BCUT2D eigenvalue weighted by Crippen LogP contribution is 2.30. The van der Waals surface area contributed by atoms with Gasteiger partial charge in [0, 0.05) is 10.0 Å². The summed E-state index contributed by atoms with van der Waals surface area (Å²) in [5.74, 6) is -0.312. The van der Waals surface area contributed by atoms with E-state index in [1.807, 2.05) is 0 Å². The van der Waals surface area contributed by atoms with Crippen LogP contribution in [0.5, 0.6) is 0 Å². The fourth-order valence-electron chi connectivity index (χ4n) is 1.80. The summed E-state index contributed by atoms with van der Waals surface area (Å²) in [5, 5.41) is 2.95. The first-order chi connectivity index (χ1) is 7.55. The molecule has 0 saturated carbocycles. The van der Waals surface area contributed by atoms with Crippen molar-refractivity contribution >= 4 is 22.2 Å². The zero-order chi connectivity index (χ0) is 11.8. The molecule has 1 N–H and O–H groups in total. The monoisotopic (exact) mass is 287 g/mol. The Morgan fingerprint density at radius 2 is 2.44 bits per heavy atom. The molecule has 5 heteroatoms. The Bertz CT molecular complexity index is 426. The summed E-state index contributed by atoms with van der Waals surface area (Å²) in [4.78, 5) is 10.6. The lowest BCUT2D eigenvalue weighted by molar-refractivity contribution is -0.116. The normalized spacial score (nSPS) is 29.3. The van der Waals surface area contributed by atoms with Crippen molar-refractivity contribution in [1.82, 2.24) is 5.32 Å². The Morgan fingerprint density at radius 1 is 1.69 bits per heavy atom. The van der Waals surface area contributed by atoms with Crippen molar-refractivity contribution in [3.8, 4) is 0 Å². The molecular weight excluding hydrogens is 277 g/mol. The maximum absolute atomic E-state index is 13.7. The summed E-state index contributed by atoms with van der Waals surface area (Å²) in [5.41, 5.74) is -0.175. The minimum absolute atomic E-state index is 0.268. The number of benzene rings is 1. The van der Waals surface area contributed by atoms with Gasteiger partial charge < -0.3 is 4.74 Å². The first-order valence-corrected chi connectivity index (χ1v) is 5.64. The molecular formula is C11H11BrFNO2. The molecule has 0 spiro atoms. The summed E-state index contributed by atoms with van der Waals surface area (Å²) >= 11 is 3.29. The minimum atomic E-state index is -0.667. The molecule has 86 valence electrons. The summed E-state index contributed by atoms with van der Waals surface area (Å²) < 4.78 is 19.7. The van der Waals surface area contributed by atoms with E-state index in [1.165, 1.54) is 6.07 Å². The second kappa shape index (κ2) is 4.24. The lowest BCUT2D eigenvalue weighted by Gasteiger charge is -2.24. The molecule has 1 saturated heterocycles. The average molecular weight is 288 g/mol. The van der Waals surface area contributed by atoms with Gasteiger partial charge in [0.05, 0.1) is 12.1 Å². The molecule has 0 bridgehead atoms. The van der Waals surface area contributed by atoms with Gasteiger partial charge in [-0.1, -0.05) is 15.9 Å². The number of carbonyl (C=O) groups excluding carboxylic acids is 1. The van der Waals surface area contributed by atoms with E-state index in [0.29, 0.717) is 11.8 Å². The van der Waals surface area contributed by atoms with Gasteiger partial charge in [0.15, 0.2) is 12.5 Å². The number of carbonyl (C=O) groups is 1. The molecule has 0 aliphatic carbocycles. The van der Waals surface area contributed by atoms with Crippen molar-refractivity contribution in [3.05, 3.63) is 34.1 Å². The predicted octanol–water partition coefficient (Wildman–Crippen LogP) is 1.95. The first-order valence-electron chi connectivity index (χ1n) is 4.85. The van der Waals surface area contributed by atoms with Crippen LogP contribution in [-0.2, 0) is 15.1 Å². The smallest absolute Gasteiger partial charge is 0.165 e. The molecule has 2 unspecified atom stereocenters. The largest absolute Gasteiger partial charge is 0.354 e. The van der Waals surface area contributed by atoms with Crippen LogP contribution in [0.3, 0.4) is 0 Å². The van der Waals surface area contributed by atoms with Crippen molar-refractivity contribution in [2.24, 2.45) is 0 Å². The third-order valence-electron chi connectivity index (χ3n) is 2.66. The van der Waals surface area contributed by atoms with Crippen LogP contribution in [0.4, 0.5) is 4.39 Å². The molecule has 0 amide bonds. The average Bonchev–Trinajstić information content (AvgIpc) is 2.65. The quantitative estimate of drug-likeness (QED) is 0.845. The van der Waals surface area contributed by atoms with Crippen molar-refractivity contribution in [1.29, 1.82) is 0 Å². The molecule has 1 aliphatic heterocycles. The van der Waals surface area contributed by atoms with E-state index in [9.17, 15) is 9.18 Å². The minimum Gasteiger partial charge on any atom is -0.354 e. The van der Waals surface area contributed by atoms with Gasteiger partial charge in [-0.15, -0.1) is 0 Å². The summed E-state index contributed by atoms with van der Waals surface area (Å²) in [7, 11) is 0. The second-order valence-electron chi connectivity index (χ2n) is 3.97. The Hall–Kier alpha value is -0.780. The lowest BCUT2D eigenvalue weighted by atomic mass is 9.93. The van der Waals surface area contributed by atoms with Crippen molar-refractivity contribution in [2.45, 2.75) is 18.7 Å². The fraction of sp³-hybridized carbons (Fsp3) is 0.364. The molecule has 2 rings (SSSR count). The highest BCUT2D eigenvalue weighted by molar-refractivity contribution is 9.10. The lowest BCUT2D eigenvalue weighted by Crippen LogP contribution is -2.40. The Morgan fingerprint density at radius 3 is 3.06 bits per heavy atom. The Kier molecular flexibility index (Phi) is 3.10. The van der Waals surface area contributed by atoms with Gasteiger partial charge in [-0.2, -0.15) is 0 Å². The van der Waals surface area contributed by atoms with E-state index in [-0.39, 0.29) is 12.4 Å². The number of halogens is 2. The van der Waals surface area contributed by atoms with Gasteiger partial charge in [-0.25, -0.2) is 4.39 Å². The number of nitrogens with one attached hydrogen (secondary N) is 1. The first kappa shape index (κ1) is 11.7. The standard InChI is InChI=1S/C11H11BrFNO2/c1-11(6-16-10(5-15)14-11)8-4-7(12)2-3-9(8)13/h2-5,10,14H,6H2,1H3. The third-order valence-corrected chi connectivity index (χ3v) is 3.15. The van der Waals surface area contributed by atoms with Gasteiger partial charge in [0.1, 0.15) is 5.82 Å². The summed E-state index contributed by atoms with van der Waals surface area (Å²) in [6, 6.07) is 4.72. The molecule has 1 aromatic rings. The molecule has 1 heterocycles. The zero-order valence-corrected chi connectivity index (χ0v) is 10.3. The molecule has 1 aliphatic rings. The third kappa shape index (κ3) is 2.03. The topological polar surface area (TPSA) is 38.3 Å². The van der Waals surface area contributed by atoms with E-state index in [0.717, 1.165) is 4.47 Å². The molecule has 1 fully saturated rings. The predicted molar refractivity (Wildman–Crippen MR) is 60.4 cm³/mol. The van der Waals surface area contributed by atoms with E-state index in [4.69, 9.17) is 4.74 Å². The van der Waals surface area contributed by atoms with Crippen LogP contribution in [0.15, 0.2) is 22.7 Å². The maximum atomic E-state index is 13.7. The molecule has 2 atom stereocenters. The van der Waals surface area contributed by atoms with Crippen LogP contribution in [-0.4, -0.2) is 19.1 Å². The highest BCUT2D eigenvalue weighted by Gasteiger charge is 2.38. The van der Waals surface area contributed by atoms with E-state index < -0.39 is 11.8 Å². The van der Waals surface area contributed by atoms with Crippen LogP contribution in [0.25, 0.3) is 0 Å². The SMILES string of the molecule is CC1(c2cc(Br)ccc2F)COC(C=O)N1. The van der Waals surface area contributed by atoms with Gasteiger partial charge in [0.25, 0.3) is 0 Å². The Balaban J connectivity index is 2.36. The van der Waals surface area contributed by atoms with Gasteiger partial charge in [0.2, 0.25) is 0 Å². The number of rotatable bonds is 2. The maximum Gasteiger partial charge on any atom is 0.165 e. The number of hydrogen-bond acceptors (Lipinski definition) is 3. The highest BCUT2D eigenvalue weighted by atomic mass is 79.9. The van der Waals surface area contributed by atoms with Crippen molar-refractivity contribution < 1.29 is 13.9 Å². The summed E-state index contributed by atoms with van der Waals surface area (Å²) in [6.45, 7) is 2.07. The number of aldehydes is 1. The van der Waals surface area contributed by atoms with Crippen LogP contribution >= 0.6 is 15.9 Å². The van der Waals surface area contributed by atoms with Crippen LogP contribution in [0.1, 0.15) is 12.5 Å². The molecule has 0 aromatic heterocycles. The van der Waals surface area contributed by atoms with E-state index >= 15 is 0 Å². The Labute approximate surface area is 101 Å². The van der Waals surface area contributed by atoms with Gasteiger partial charge >= 0.3 is 0 Å². The molecule has 16 heavy (non-hydrogen) atoms. The second-order valence-corrected chi connectivity index (χ2v) is 4.88. The van der Waals surface area contributed by atoms with E-state index in [2.05, 4.69) is 21.2 Å². The van der Waals surface area contributed by atoms with Crippen molar-refractivity contribution in [2.75, 3.05) is 6.61 Å². The molecule has 1 aromatic carbocycles. The zero-order valence-electron chi connectivity index (χ0n) is 8.67. The summed E-state index contributed by atoms with van der Waals surface area (Å²) in [6.07, 6.45) is 0.00426. The fourth-order valence-corrected chi connectivity index (χ4v) is 2.16. The van der Waals surface area contributed by atoms with E-state index in [1.54, 1.807) is 19.1 Å².